The van der Waals surface area contributed by atoms with Gasteiger partial charge in [-0.3, -0.25) is 14.5 Å². The molecule has 1 aliphatic heterocycles. The zero-order valence-electron chi connectivity index (χ0n) is 18.2. The molecule has 3 aromatic carbocycles. The first-order chi connectivity index (χ1) is 15.7. The lowest BCUT2D eigenvalue weighted by atomic mass is 10.0. The minimum Gasteiger partial charge on any atom is -0.351 e. The number of likely N-dealkylation sites (tertiary alicyclic amines) is 1. The number of nitrogens with one attached hydrogen (secondary N) is 2. The second-order valence-corrected chi connectivity index (χ2v) is 8.25. The highest BCUT2D eigenvalue weighted by Gasteiger charge is 2.21. The summed E-state index contributed by atoms with van der Waals surface area (Å²) in [5, 5.41) is 5.81. The van der Waals surface area contributed by atoms with Crippen LogP contribution in [0.5, 0.6) is 0 Å². The SMILES string of the molecule is O=C(CNC(=O)c1ccc(-c2ccccc2)cc1)NC1CCCN(Cc2ccccc2)C1. The summed E-state index contributed by atoms with van der Waals surface area (Å²) in [6.07, 6.45) is 2.02. The Morgan fingerprint density at radius 1 is 0.844 bits per heavy atom. The summed E-state index contributed by atoms with van der Waals surface area (Å²) < 4.78 is 0. The predicted molar refractivity (Wildman–Crippen MR) is 127 cm³/mol. The predicted octanol–water partition coefficient (Wildman–Crippen LogP) is 3.86. The maximum Gasteiger partial charge on any atom is 0.251 e. The summed E-state index contributed by atoms with van der Waals surface area (Å²) in [7, 11) is 0. The molecule has 1 atom stereocenters. The molecule has 5 nitrogen and oxygen atoms in total. The van der Waals surface area contributed by atoms with Gasteiger partial charge >= 0.3 is 0 Å². The van der Waals surface area contributed by atoms with Crippen molar-refractivity contribution in [3.63, 3.8) is 0 Å². The molecule has 3 aromatic rings. The summed E-state index contributed by atoms with van der Waals surface area (Å²) >= 11 is 0. The van der Waals surface area contributed by atoms with E-state index >= 15 is 0 Å². The number of rotatable bonds is 7. The zero-order chi connectivity index (χ0) is 22.2. The summed E-state index contributed by atoms with van der Waals surface area (Å²) in [4.78, 5) is 27.2. The molecule has 1 fully saturated rings. The van der Waals surface area contributed by atoms with Crippen LogP contribution in [0.4, 0.5) is 0 Å². The standard InChI is InChI=1S/C27H29N3O2/c31-26(29-25-12-7-17-30(20-25)19-21-8-3-1-4-9-21)18-28-27(32)24-15-13-23(14-16-24)22-10-5-2-6-11-22/h1-6,8-11,13-16,25H,7,12,17-20H2,(H,28,32)(H,29,31). The quantitative estimate of drug-likeness (QED) is 0.602. The highest BCUT2D eigenvalue weighted by atomic mass is 16.2. The largest absolute Gasteiger partial charge is 0.351 e. The molecule has 4 rings (SSSR count). The highest BCUT2D eigenvalue weighted by molar-refractivity contribution is 5.96. The number of hydrogen-bond acceptors (Lipinski definition) is 3. The molecular formula is C27H29N3O2. The molecule has 2 N–H and O–H groups in total. The Morgan fingerprint density at radius 2 is 1.50 bits per heavy atom. The monoisotopic (exact) mass is 427 g/mol. The smallest absolute Gasteiger partial charge is 0.251 e. The Hall–Kier alpha value is -3.44. The number of benzene rings is 3. The Balaban J connectivity index is 1.23. The maximum atomic E-state index is 12.4. The van der Waals surface area contributed by atoms with Crippen molar-refractivity contribution in [2.75, 3.05) is 19.6 Å². The van der Waals surface area contributed by atoms with Crippen molar-refractivity contribution in [3.8, 4) is 11.1 Å². The molecule has 0 saturated carbocycles. The van der Waals surface area contributed by atoms with Crippen LogP contribution in [-0.2, 0) is 11.3 Å². The number of nitrogens with zero attached hydrogens (tertiary/aromatic N) is 1. The van der Waals surface area contributed by atoms with Gasteiger partial charge in [0.15, 0.2) is 0 Å². The maximum absolute atomic E-state index is 12.4. The average molecular weight is 428 g/mol. The Bertz CT molecular complexity index is 1020. The lowest BCUT2D eigenvalue weighted by Gasteiger charge is -2.33. The van der Waals surface area contributed by atoms with Crippen LogP contribution >= 0.6 is 0 Å². The van der Waals surface area contributed by atoms with Crippen LogP contribution in [0.1, 0.15) is 28.8 Å². The molecule has 1 unspecified atom stereocenters. The third-order valence-corrected chi connectivity index (χ3v) is 5.78. The highest BCUT2D eigenvalue weighted by Crippen LogP contribution is 2.19. The minimum absolute atomic E-state index is 0.0194. The van der Waals surface area contributed by atoms with E-state index in [2.05, 4.69) is 39.8 Å². The Labute approximate surface area is 189 Å². The van der Waals surface area contributed by atoms with Gasteiger partial charge in [0.25, 0.3) is 5.91 Å². The van der Waals surface area contributed by atoms with E-state index in [-0.39, 0.29) is 24.4 Å². The van der Waals surface area contributed by atoms with Gasteiger partial charge in [-0.15, -0.1) is 0 Å². The van der Waals surface area contributed by atoms with Gasteiger partial charge < -0.3 is 10.6 Å². The molecule has 5 heteroatoms. The van der Waals surface area contributed by atoms with Crippen molar-refractivity contribution in [3.05, 3.63) is 96.1 Å². The van der Waals surface area contributed by atoms with Gasteiger partial charge in [0, 0.05) is 24.7 Å². The van der Waals surface area contributed by atoms with Crippen LogP contribution in [0.3, 0.4) is 0 Å². The van der Waals surface area contributed by atoms with Crippen molar-refractivity contribution in [1.82, 2.24) is 15.5 Å². The first-order valence-corrected chi connectivity index (χ1v) is 11.2. The topological polar surface area (TPSA) is 61.4 Å². The molecule has 1 heterocycles. The lowest BCUT2D eigenvalue weighted by Crippen LogP contribution is -2.49. The molecule has 0 bridgehead atoms. The van der Waals surface area contributed by atoms with Crippen LogP contribution in [-0.4, -0.2) is 42.4 Å². The molecule has 164 valence electrons. The molecule has 1 aliphatic rings. The van der Waals surface area contributed by atoms with E-state index in [1.807, 2.05) is 48.5 Å². The average Bonchev–Trinajstić information content (AvgIpc) is 2.84. The summed E-state index contributed by atoms with van der Waals surface area (Å²) in [6, 6.07) is 27.9. The van der Waals surface area contributed by atoms with Gasteiger partial charge in [-0.25, -0.2) is 0 Å². The van der Waals surface area contributed by atoms with Crippen molar-refractivity contribution in [2.45, 2.75) is 25.4 Å². The molecule has 1 saturated heterocycles. The fourth-order valence-electron chi connectivity index (χ4n) is 4.14. The molecular weight excluding hydrogens is 398 g/mol. The fourth-order valence-corrected chi connectivity index (χ4v) is 4.14. The second-order valence-electron chi connectivity index (χ2n) is 8.25. The van der Waals surface area contributed by atoms with E-state index in [1.165, 1.54) is 5.56 Å². The van der Waals surface area contributed by atoms with Crippen LogP contribution in [0.25, 0.3) is 11.1 Å². The minimum atomic E-state index is -0.242. The van der Waals surface area contributed by atoms with Crippen LogP contribution < -0.4 is 10.6 Å². The molecule has 0 aliphatic carbocycles. The molecule has 32 heavy (non-hydrogen) atoms. The first kappa shape index (κ1) is 21.8. The number of amides is 2. The first-order valence-electron chi connectivity index (χ1n) is 11.2. The van der Waals surface area contributed by atoms with Gasteiger partial charge in [0.1, 0.15) is 0 Å². The van der Waals surface area contributed by atoms with E-state index in [1.54, 1.807) is 12.1 Å². The van der Waals surface area contributed by atoms with Gasteiger partial charge in [0.2, 0.25) is 5.91 Å². The third-order valence-electron chi connectivity index (χ3n) is 5.78. The van der Waals surface area contributed by atoms with Crippen molar-refractivity contribution >= 4 is 11.8 Å². The van der Waals surface area contributed by atoms with E-state index in [4.69, 9.17) is 0 Å². The number of carbonyl (C=O) groups excluding carboxylic acids is 2. The van der Waals surface area contributed by atoms with E-state index in [0.29, 0.717) is 5.56 Å². The zero-order valence-corrected chi connectivity index (χ0v) is 18.2. The van der Waals surface area contributed by atoms with Crippen molar-refractivity contribution in [2.24, 2.45) is 0 Å². The molecule has 0 aromatic heterocycles. The normalized spacial score (nSPS) is 16.3. The van der Waals surface area contributed by atoms with Gasteiger partial charge in [-0.2, -0.15) is 0 Å². The molecule has 0 spiro atoms. The van der Waals surface area contributed by atoms with Crippen molar-refractivity contribution < 1.29 is 9.59 Å². The lowest BCUT2D eigenvalue weighted by molar-refractivity contribution is -0.121. The fraction of sp³-hybridized carbons (Fsp3) is 0.259. The van der Waals surface area contributed by atoms with Crippen molar-refractivity contribution in [1.29, 1.82) is 0 Å². The van der Waals surface area contributed by atoms with E-state index in [9.17, 15) is 9.59 Å². The Kier molecular flexibility index (Phi) is 7.31. The number of hydrogen-bond donors (Lipinski definition) is 2. The molecule has 0 radical (unpaired) electrons. The summed E-state index contributed by atoms with van der Waals surface area (Å²) in [6.45, 7) is 2.74. The summed E-state index contributed by atoms with van der Waals surface area (Å²) in [5.74, 6) is -0.389. The van der Waals surface area contributed by atoms with Crippen LogP contribution in [0, 0.1) is 0 Å². The number of carbonyl (C=O) groups is 2. The van der Waals surface area contributed by atoms with E-state index in [0.717, 1.165) is 43.6 Å². The van der Waals surface area contributed by atoms with Gasteiger partial charge in [-0.1, -0.05) is 72.8 Å². The Morgan fingerprint density at radius 3 is 2.22 bits per heavy atom. The van der Waals surface area contributed by atoms with Crippen LogP contribution in [0.15, 0.2) is 84.9 Å². The molecule has 2 amide bonds. The summed E-state index contributed by atoms with van der Waals surface area (Å²) in [5.41, 5.74) is 3.99. The number of piperidine rings is 1. The van der Waals surface area contributed by atoms with Gasteiger partial charge in [0.05, 0.1) is 6.54 Å². The van der Waals surface area contributed by atoms with E-state index < -0.39 is 0 Å². The van der Waals surface area contributed by atoms with Gasteiger partial charge in [-0.05, 0) is 48.2 Å². The third kappa shape index (κ3) is 6.05. The second kappa shape index (κ2) is 10.7. The van der Waals surface area contributed by atoms with Crippen LogP contribution in [0.2, 0.25) is 0 Å².